The molecule has 1 amide bonds. The number of H-pyrrole nitrogens is 1. The molecule has 0 bridgehead atoms. The smallest absolute Gasteiger partial charge is 0.271 e. The molecule has 3 aromatic rings. The third kappa shape index (κ3) is 3.86. The van der Waals surface area contributed by atoms with E-state index in [9.17, 15) is 4.79 Å². The van der Waals surface area contributed by atoms with Gasteiger partial charge in [-0.15, -0.1) is 0 Å². The third-order valence-corrected chi connectivity index (χ3v) is 5.67. The zero-order valence-electron chi connectivity index (χ0n) is 16.3. The Morgan fingerprint density at radius 2 is 1.87 bits per heavy atom. The Balaban J connectivity index is 1.21. The quantitative estimate of drug-likeness (QED) is 0.695. The highest BCUT2D eigenvalue weighted by molar-refractivity contribution is 6.30. The molecule has 0 spiro atoms. The lowest BCUT2D eigenvalue weighted by molar-refractivity contribution is 0.0622. The van der Waals surface area contributed by atoms with Crippen molar-refractivity contribution in [2.24, 2.45) is 0 Å². The second-order valence-corrected chi connectivity index (χ2v) is 7.87. The number of ether oxygens (including phenoxy) is 2. The van der Waals surface area contributed by atoms with Gasteiger partial charge >= 0.3 is 0 Å². The zero-order valence-corrected chi connectivity index (χ0v) is 17.1. The maximum absolute atomic E-state index is 12.9. The molecule has 1 N–H and O–H groups in total. The number of aromatic amines is 1. The molecule has 154 valence electrons. The molecule has 2 aromatic carbocycles. The van der Waals surface area contributed by atoms with E-state index in [0.29, 0.717) is 30.2 Å². The largest absolute Gasteiger partial charge is 0.454 e. The van der Waals surface area contributed by atoms with E-state index < -0.39 is 0 Å². The SMILES string of the molecule is O=C(c1cc(-c2ccc3c(c2)OCO3)n[nH]1)N1CCN(Cc2cccc(Cl)c2)CC1. The maximum atomic E-state index is 12.9. The second-order valence-electron chi connectivity index (χ2n) is 7.43. The van der Waals surface area contributed by atoms with Crippen LogP contribution in [0.2, 0.25) is 5.02 Å². The van der Waals surface area contributed by atoms with E-state index >= 15 is 0 Å². The van der Waals surface area contributed by atoms with Crippen LogP contribution in [0.1, 0.15) is 16.1 Å². The lowest BCUT2D eigenvalue weighted by atomic mass is 10.1. The first-order chi connectivity index (χ1) is 14.7. The molecule has 0 unspecified atom stereocenters. The van der Waals surface area contributed by atoms with E-state index in [1.165, 1.54) is 5.56 Å². The Bertz CT molecular complexity index is 1080. The molecular weight excluding hydrogens is 404 g/mol. The minimum Gasteiger partial charge on any atom is -0.454 e. The number of rotatable bonds is 4. The highest BCUT2D eigenvalue weighted by atomic mass is 35.5. The predicted molar refractivity (Wildman–Crippen MR) is 113 cm³/mol. The van der Waals surface area contributed by atoms with Crippen LogP contribution in [0.15, 0.2) is 48.5 Å². The third-order valence-electron chi connectivity index (χ3n) is 5.43. The van der Waals surface area contributed by atoms with Crippen molar-refractivity contribution in [3.63, 3.8) is 0 Å². The molecule has 1 aromatic heterocycles. The summed E-state index contributed by atoms with van der Waals surface area (Å²) in [4.78, 5) is 17.1. The number of amides is 1. The van der Waals surface area contributed by atoms with E-state index in [0.717, 1.165) is 36.0 Å². The number of hydrogen-bond donors (Lipinski definition) is 1. The van der Waals surface area contributed by atoms with E-state index in [4.69, 9.17) is 21.1 Å². The van der Waals surface area contributed by atoms with Gasteiger partial charge in [0.2, 0.25) is 6.79 Å². The molecule has 1 saturated heterocycles. The molecule has 2 aliphatic heterocycles. The molecule has 0 radical (unpaired) electrons. The van der Waals surface area contributed by atoms with Gasteiger partial charge in [-0.1, -0.05) is 23.7 Å². The van der Waals surface area contributed by atoms with Gasteiger partial charge in [-0.2, -0.15) is 5.10 Å². The van der Waals surface area contributed by atoms with Gasteiger partial charge in [0.15, 0.2) is 11.5 Å². The van der Waals surface area contributed by atoms with Gasteiger partial charge in [-0.05, 0) is 42.0 Å². The van der Waals surface area contributed by atoms with Crippen LogP contribution < -0.4 is 9.47 Å². The summed E-state index contributed by atoms with van der Waals surface area (Å²) in [5.41, 5.74) is 3.26. The van der Waals surface area contributed by atoms with Crippen molar-refractivity contribution in [2.75, 3.05) is 33.0 Å². The maximum Gasteiger partial charge on any atom is 0.271 e. The number of carbonyl (C=O) groups excluding carboxylic acids is 1. The van der Waals surface area contributed by atoms with Gasteiger partial charge in [0, 0.05) is 43.3 Å². The van der Waals surface area contributed by atoms with Gasteiger partial charge < -0.3 is 14.4 Å². The Hall–Kier alpha value is -3.03. The van der Waals surface area contributed by atoms with Gasteiger partial charge in [-0.3, -0.25) is 14.8 Å². The number of benzene rings is 2. The van der Waals surface area contributed by atoms with Crippen LogP contribution in [0.5, 0.6) is 11.5 Å². The number of aromatic nitrogens is 2. The summed E-state index contributed by atoms with van der Waals surface area (Å²) in [6, 6.07) is 15.3. The van der Waals surface area contributed by atoms with Crippen LogP contribution in [0.25, 0.3) is 11.3 Å². The van der Waals surface area contributed by atoms with Crippen LogP contribution in [-0.2, 0) is 6.54 Å². The first-order valence-corrected chi connectivity index (χ1v) is 10.2. The average molecular weight is 425 g/mol. The number of hydrogen-bond acceptors (Lipinski definition) is 5. The van der Waals surface area contributed by atoms with Crippen molar-refractivity contribution in [2.45, 2.75) is 6.54 Å². The highest BCUT2D eigenvalue weighted by Crippen LogP contribution is 2.35. The minimum atomic E-state index is -0.0306. The van der Waals surface area contributed by atoms with E-state index in [1.54, 1.807) is 6.07 Å². The van der Waals surface area contributed by atoms with Gasteiger partial charge in [-0.25, -0.2) is 0 Å². The van der Waals surface area contributed by atoms with Crippen molar-refractivity contribution < 1.29 is 14.3 Å². The fourth-order valence-electron chi connectivity index (χ4n) is 3.81. The number of halogens is 1. The van der Waals surface area contributed by atoms with Crippen LogP contribution in [-0.4, -0.2) is 58.9 Å². The van der Waals surface area contributed by atoms with E-state index in [2.05, 4.69) is 21.2 Å². The zero-order chi connectivity index (χ0) is 20.5. The fourth-order valence-corrected chi connectivity index (χ4v) is 4.02. The normalized spacial score (nSPS) is 16.1. The fraction of sp³-hybridized carbons (Fsp3) is 0.273. The Labute approximate surface area is 179 Å². The minimum absolute atomic E-state index is 0.0306. The van der Waals surface area contributed by atoms with Crippen LogP contribution in [0.4, 0.5) is 0 Å². The summed E-state index contributed by atoms with van der Waals surface area (Å²) in [6.07, 6.45) is 0. The second kappa shape index (κ2) is 8.01. The number of fused-ring (bicyclic) bond motifs is 1. The number of carbonyl (C=O) groups is 1. The van der Waals surface area contributed by atoms with Crippen LogP contribution in [0.3, 0.4) is 0 Å². The van der Waals surface area contributed by atoms with E-state index in [-0.39, 0.29) is 12.7 Å². The molecule has 5 rings (SSSR count). The summed E-state index contributed by atoms with van der Waals surface area (Å²) >= 11 is 6.08. The summed E-state index contributed by atoms with van der Waals surface area (Å²) in [7, 11) is 0. The van der Waals surface area contributed by atoms with Crippen molar-refractivity contribution >= 4 is 17.5 Å². The topological polar surface area (TPSA) is 70.7 Å². The molecule has 3 heterocycles. The van der Waals surface area contributed by atoms with Gasteiger partial charge in [0.1, 0.15) is 5.69 Å². The molecule has 0 atom stereocenters. The molecule has 0 aliphatic carbocycles. The molecule has 30 heavy (non-hydrogen) atoms. The van der Waals surface area contributed by atoms with Crippen molar-refractivity contribution in [3.05, 3.63) is 64.8 Å². The molecule has 2 aliphatic rings. The van der Waals surface area contributed by atoms with E-state index in [1.807, 2.05) is 41.3 Å². The summed E-state index contributed by atoms with van der Waals surface area (Å²) in [5.74, 6) is 1.39. The van der Waals surface area contributed by atoms with Gasteiger partial charge in [0.05, 0.1) is 5.69 Å². The predicted octanol–water partition coefficient (Wildman–Crippen LogP) is 3.42. The highest BCUT2D eigenvalue weighted by Gasteiger charge is 2.24. The molecule has 7 nitrogen and oxygen atoms in total. The van der Waals surface area contributed by atoms with Crippen LogP contribution >= 0.6 is 11.6 Å². The Morgan fingerprint density at radius 1 is 1.03 bits per heavy atom. The molecule has 8 heteroatoms. The molecule has 1 fully saturated rings. The van der Waals surface area contributed by atoms with Crippen LogP contribution in [0, 0.1) is 0 Å². The number of piperazine rings is 1. The average Bonchev–Trinajstić information content (AvgIpc) is 3.43. The number of nitrogens with zero attached hydrogens (tertiary/aromatic N) is 3. The van der Waals surface area contributed by atoms with Crippen molar-refractivity contribution in [1.29, 1.82) is 0 Å². The first-order valence-electron chi connectivity index (χ1n) is 9.87. The lowest BCUT2D eigenvalue weighted by Gasteiger charge is -2.34. The van der Waals surface area contributed by atoms with Crippen molar-refractivity contribution in [1.82, 2.24) is 20.0 Å². The summed E-state index contributed by atoms with van der Waals surface area (Å²) in [5, 5.41) is 7.95. The van der Waals surface area contributed by atoms with Crippen molar-refractivity contribution in [3.8, 4) is 22.8 Å². The standard InChI is InChI=1S/C22H21ClN4O3/c23-17-3-1-2-15(10-17)13-26-6-8-27(9-7-26)22(28)19-12-18(24-25-19)16-4-5-20-21(11-16)30-14-29-20/h1-5,10-12H,6-9,13-14H2,(H,24,25). The number of nitrogens with one attached hydrogen (secondary N) is 1. The molecule has 0 saturated carbocycles. The Morgan fingerprint density at radius 3 is 2.70 bits per heavy atom. The summed E-state index contributed by atoms with van der Waals surface area (Å²) < 4.78 is 10.8. The first kappa shape index (κ1) is 19.0. The Kier molecular flexibility index (Phi) is 5.06. The monoisotopic (exact) mass is 424 g/mol. The molecular formula is C22H21ClN4O3. The lowest BCUT2D eigenvalue weighted by Crippen LogP contribution is -2.48. The summed E-state index contributed by atoms with van der Waals surface area (Å²) in [6.45, 7) is 4.06. The van der Waals surface area contributed by atoms with Gasteiger partial charge in [0.25, 0.3) is 5.91 Å².